The van der Waals surface area contributed by atoms with Crippen LogP contribution in [0.15, 0.2) is 57.2 Å². The maximum atomic E-state index is 12.3. The van der Waals surface area contributed by atoms with Gasteiger partial charge in [0, 0.05) is 4.90 Å². The zero-order chi connectivity index (χ0) is 15.6. The van der Waals surface area contributed by atoms with Crippen molar-refractivity contribution in [2.45, 2.75) is 14.7 Å². The summed E-state index contributed by atoms with van der Waals surface area (Å²) in [6, 6.07) is 11.4. The molecule has 0 aliphatic heterocycles. The minimum absolute atomic E-state index is 0.0968. The van der Waals surface area contributed by atoms with E-state index in [1.165, 1.54) is 6.07 Å². The molecule has 0 spiro atoms. The molecular formula is C12H11ClN2O3S3. The van der Waals surface area contributed by atoms with Gasteiger partial charge in [0.2, 0.25) is 10.0 Å². The molecule has 2 aromatic carbocycles. The van der Waals surface area contributed by atoms with E-state index in [0.717, 1.165) is 21.8 Å². The Bertz CT molecular complexity index is 795. The lowest BCUT2D eigenvalue weighted by atomic mass is 10.3. The van der Waals surface area contributed by atoms with Crippen molar-refractivity contribution in [1.29, 1.82) is 0 Å². The summed E-state index contributed by atoms with van der Waals surface area (Å²) < 4.78 is 35.2. The third-order valence-electron chi connectivity index (χ3n) is 2.47. The topological polar surface area (TPSA) is 103 Å². The van der Waals surface area contributed by atoms with E-state index in [0.29, 0.717) is 0 Å². The first kappa shape index (κ1) is 16.3. The van der Waals surface area contributed by atoms with Crippen molar-refractivity contribution >= 4 is 47.9 Å². The van der Waals surface area contributed by atoms with Gasteiger partial charge in [-0.15, -0.1) is 0 Å². The molecule has 1 atom stereocenters. The molecule has 0 radical (unpaired) electrons. The van der Waals surface area contributed by atoms with Gasteiger partial charge in [-0.1, -0.05) is 29.8 Å². The lowest BCUT2D eigenvalue weighted by Gasteiger charge is -2.09. The number of nitrogen functional groups attached to an aromatic ring is 1. The fourth-order valence-corrected chi connectivity index (χ4v) is 5.26. The van der Waals surface area contributed by atoms with Crippen LogP contribution in [-0.2, 0) is 19.9 Å². The Hall–Kier alpha value is -1.06. The third kappa shape index (κ3) is 3.98. The Kier molecular flexibility index (Phi) is 4.95. The van der Waals surface area contributed by atoms with E-state index in [1.54, 1.807) is 24.3 Å². The largest absolute Gasteiger partial charge is 0.398 e. The van der Waals surface area contributed by atoms with Crippen molar-refractivity contribution in [1.82, 2.24) is 0 Å². The quantitative estimate of drug-likeness (QED) is 0.642. The summed E-state index contributed by atoms with van der Waals surface area (Å²) >= 11 is 5.81. The van der Waals surface area contributed by atoms with Gasteiger partial charge < -0.3 is 5.73 Å². The SMILES string of the molecule is Nc1cc(Cl)c(S(N)(=O)=O)cc1S(=O)Sc1ccccc1. The average molecular weight is 363 g/mol. The molecule has 2 aromatic rings. The van der Waals surface area contributed by atoms with E-state index in [9.17, 15) is 12.6 Å². The van der Waals surface area contributed by atoms with Crippen molar-refractivity contribution in [3.63, 3.8) is 0 Å². The highest BCUT2D eigenvalue weighted by molar-refractivity contribution is 8.69. The van der Waals surface area contributed by atoms with Crippen LogP contribution in [0, 0.1) is 0 Å². The van der Waals surface area contributed by atoms with Crippen LogP contribution < -0.4 is 10.9 Å². The maximum absolute atomic E-state index is 12.3. The van der Waals surface area contributed by atoms with Gasteiger partial charge in [-0.3, -0.25) is 0 Å². The first-order chi connectivity index (χ1) is 9.79. The molecule has 0 bridgehead atoms. The molecule has 112 valence electrons. The number of nitrogens with two attached hydrogens (primary N) is 2. The second-order valence-electron chi connectivity index (χ2n) is 4.00. The predicted octanol–water partition coefficient (Wildman–Crippen LogP) is 2.38. The minimum Gasteiger partial charge on any atom is -0.398 e. The molecule has 4 N–H and O–H groups in total. The summed E-state index contributed by atoms with van der Waals surface area (Å²) in [5.74, 6) is 0. The minimum atomic E-state index is -4.01. The van der Waals surface area contributed by atoms with Gasteiger partial charge in [0.15, 0.2) is 0 Å². The smallest absolute Gasteiger partial charge is 0.239 e. The highest BCUT2D eigenvalue weighted by Gasteiger charge is 2.19. The molecule has 0 saturated heterocycles. The molecule has 9 heteroatoms. The van der Waals surface area contributed by atoms with Gasteiger partial charge in [-0.25, -0.2) is 17.8 Å². The first-order valence-electron chi connectivity index (χ1n) is 5.56. The highest BCUT2D eigenvalue weighted by Crippen LogP contribution is 2.34. The average Bonchev–Trinajstić information content (AvgIpc) is 2.38. The number of hydrogen-bond acceptors (Lipinski definition) is 5. The molecule has 5 nitrogen and oxygen atoms in total. The third-order valence-corrected chi connectivity index (χ3v) is 6.74. The molecule has 0 saturated carbocycles. The molecule has 0 heterocycles. The zero-order valence-electron chi connectivity index (χ0n) is 10.5. The monoisotopic (exact) mass is 362 g/mol. The summed E-state index contributed by atoms with van der Waals surface area (Å²) in [4.78, 5) is 0.634. The van der Waals surface area contributed by atoms with Gasteiger partial charge in [-0.2, -0.15) is 0 Å². The molecule has 2 rings (SSSR count). The van der Waals surface area contributed by atoms with Gasteiger partial charge in [-0.05, 0) is 35.1 Å². The Morgan fingerprint density at radius 3 is 2.33 bits per heavy atom. The normalized spacial score (nSPS) is 13.0. The standard InChI is InChI=1S/C12H11ClN2O3S3/c13-9-6-10(14)11(7-12(9)21(15,17)18)20(16)19-8-4-2-1-3-5-8/h1-7H,14H2,(H2,15,17,18). The van der Waals surface area contributed by atoms with Crippen LogP contribution in [-0.4, -0.2) is 12.6 Å². The van der Waals surface area contributed by atoms with E-state index in [-0.39, 0.29) is 20.5 Å². The van der Waals surface area contributed by atoms with Crippen LogP contribution in [0.25, 0.3) is 0 Å². The fourth-order valence-electron chi connectivity index (χ4n) is 1.52. The molecule has 0 fully saturated rings. The maximum Gasteiger partial charge on any atom is 0.239 e. The van der Waals surface area contributed by atoms with Crippen LogP contribution in [0.3, 0.4) is 0 Å². The highest BCUT2D eigenvalue weighted by atomic mass is 35.5. The van der Waals surface area contributed by atoms with Crippen molar-refractivity contribution in [2.24, 2.45) is 5.14 Å². The number of primary sulfonamides is 1. The Morgan fingerprint density at radius 1 is 1.14 bits per heavy atom. The van der Waals surface area contributed by atoms with E-state index in [1.807, 2.05) is 6.07 Å². The van der Waals surface area contributed by atoms with Gasteiger partial charge in [0.05, 0.1) is 15.6 Å². The van der Waals surface area contributed by atoms with Gasteiger partial charge in [0.25, 0.3) is 0 Å². The first-order valence-corrected chi connectivity index (χ1v) is 9.97. The number of halogens is 1. The second kappa shape index (κ2) is 6.37. The van der Waals surface area contributed by atoms with Crippen LogP contribution in [0.1, 0.15) is 0 Å². The van der Waals surface area contributed by atoms with E-state index in [4.69, 9.17) is 22.5 Å². The van der Waals surface area contributed by atoms with Crippen molar-refractivity contribution in [3.8, 4) is 0 Å². The van der Waals surface area contributed by atoms with Gasteiger partial charge in [0.1, 0.15) is 14.7 Å². The summed E-state index contributed by atoms with van der Waals surface area (Å²) in [7, 11) is -4.55. The van der Waals surface area contributed by atoms with Crippen molar-refractivity contribution in [2.75, 3.05) is 5.73 Å². The lowest BCUT2D eigenvalue weighted by Crippen LogP contribution is -2.13. The number of benzene rings is 2. The zero-order valence-corrected chi connectivity index (χ0v) is 13.7. The molecule has 21 heavy (non-hydrogen) atoms. The Balaban J connectivity index is 2.42. The number of anilines is 1. The molecular weight excluding hydrogens is 352 g/mol. The Morgan fingerprint density at radius 2 is 1.76 bits per heavy atom. The van der Waals surface area contributed by atoms with Crippen LogP contribution in [0.4, 0.5) is 5.69 Å². The number of hydrogen-bond donors (Lipinski definition) is 2. The molecule has 0 aliphatic rings. The second-order valence-corrected chi connectivity index (χ2v) is 8.89. The number of sulfonamides is 1. The van der Waals surface area contributed by atoms with Gasteiger partial charge >= 0.3 is 0 Å². The van der Waals surface area contributed by atoms with Crippen molar-refractivity contribution in [3.05, 3.63) is 47.5 Å². The van der Waals surface area contributed by atoms with Crippen LogP contribution >= 0.6 is 22.4 Å². The summed E-state index contributed by atoms with van der Waals surface area (Å²) in [5, 5.41) is 4.97. The summed E-state index contributed by atoms with van der Waals surface area (Å²) in [5.41, 5.74) is 5.91. The lowest BCUT2D eigenvalue weighted by molar-refractivity contribution is 0.597. The van der Waals surface area contributed by atoms with Crippen molar-refractivity contribution < 1.29 is 12.6 Å². The fraction of sp³-hybridized carbons (Fsp3) is 0. The summed E-state index contributed by atoms with van der Waals surface area (Å²) in [6.45, 7) is 0. The molecule has 1 unspecified atom stereocenters. The van der Waals surface area contributed by atoms with E-state index < -0.39 is 19.9 Å². The molecule has 0 amide bonds. The molecule has 0 aromatic heterocycles. The molecule has 0 aliphatic carbocycles. The van der Waals surface area contributed by atoms with Crippen LogP contribution in [0.2, 0.25) is 5.02 Å². The number of rotatable bonds is 4. The van der Waals surface area contributed by atoms with Crippen LogP contribution in [0.5, 0.6) is 0 Å². The predicted molar refractivity (Wildman–Crippen MR) is 85.9 cm³/mol. The summed E-state index contributed by atoms with van der Waals surface area (Å²) in [6.07, 6.45) is 0. The van der Waals surface area contributed by atoms with E-state index in [2.05, 4.69) is 0 Å². The van der Waals surface area contributed by atoms with E-state index >= 15 is 0 Å². The Labute approximate surface area is 133 Å².